The fourth-order valence-corrected chi connectivity index (χ4v) is 6.11. The van der Waals surface area contributed by atoms with E-state index in [4.69, 9.17) is 0 Å². The van der Waals surface area contributed by atoms with Crippen molar-refractivity contribution in [3.05, 3.63) is 89.7 Å². The van der Waals surface area contributed by atoms with E-state index in [1.54, 1.807) is 59.5 Å². The monoisotopic (exact) mass is 657 g/mol. The summed E-state index contributed by atoms with van der Waals surface area (Å²) in [6.07, 6.45) is 0.862. The number of halogens is 1. The first-order valence-electron chi connectivity index (χ1n) is 14.8. The molecule has 0 heterocycles. The van der Waals surface area contributed by atoms with Crippen LogP contribution in [0.3, 0.4) is 0 Å². The summed E-state index contributed by atoms with van der Waals surface area (Å²) in [6, 6.07) is 19.6. The Morgan fingerprint density at radius 3 is 2.31 bits per heavy atom. The van der Waals surface area contributed by atoms with Gasteiger partial charge in [-0.05, 0) is 48.6 Å². The lowest BCUT2D eigenvalue weighted by atomic mass is 10.0. The molecular formula is C33H40FN3O6S2. The van der Waals surface area contributed by atoms with Crippen LogP contribution in [0, 0.1) is 5.82 Å². The number of benzene rings is 3. The van der Waals surface area contributed by atoms with Crippen molar-refractivity contribution in [3.8, 4) is 11.1 Å². The Bertz CT molecular complexity index is 1560. The van der Waals surface area contributed by atoms with Crippen LogP contribution >= 0.6 is 12.6 Å². The fraction of sp³-hybridized carbons (Fsp3) is 0.364. The Kier molecular flexibility index (Phi) is 13.6. The first kappa shape index (κ1) is 35.7. The van der Waals surface area contributed by atoms with Gasteiger partial charge in [0.15, 0.2) is 0 Å². The number of hydrogen-bond donors (Lipinski definition) is 4. The number of thiol groups is 1. The number of rotatable bonds is 16. The number of sulfonamides is 1. The topological polar surface area (TPSA) is 133 Å². The maximum Gasteiger partial charge on any atom is 0.264 e. The maximum atomic E-state index is 13.9. The van der Waals surface area contributed by atoms with Crippen LogP contribution in [0.1, 0.15) is 50.7 Å². The zero-order valence-corrected chi connectivity index (χ0v) is 27.1. The summed E-state index contributed by atoms with van der Waals surface area (Å²) in [7, 11) is -4.25. The highest BCUT2D eigenvalue weighted by molar-refractivity contribution is 7.90. The van der Waals surface area contributed by atoms with Gasteiger partial charge in [-0.3, -0.25) is 14.4 Å². The minimum atomic E-state index is -4.25. The average molecular weight is 658 g/mol. The SMILES string of the molecule is CCCCC(=O)N(CCC(=O)NC[C@H](S)Cc1ccccc1F)Cc1ccc(-c2ccccc2S(=O)(=O)NC(=O)[C@H](C)O)cc1. The molecule has 3 amide bonds. The predicted molar refractivity (Wildman–Crippen MR) is 174 cm³/mol. The molecule has 0 aliphatic rings. The Balaban J connectivity index is 1.66. The fourth-order valence-electron chi connectivity index (χ4n) is 4.55. The molecule has 3 aromatic carbocycles. The first-order chi connectivity index (χ1) is 21.4. The summed E-state index contributed by atoms with van der Waals surface area (Å²) < 4.78 is 41.6. The summed E-state index contributed by atoms with van der Waals surface area (Å²) in [5.74, 6) is -1.67. The van der Waals surface area contributed by atoms with Crippen molar-refractivity contribution in [2.45, 2.75) is 68.7 Å². The molecule has 0 aliphatic carbocycles. The van der Waals surface area contributed by atoms with Crippen molar-refractivity contribution >= 4 is 40.4 Å². The van der Waals surface area contributed by atoms with Gasteiger partial charge in [0.05, 0.1) is 4.90 Å². The molecule has 0 fully saturated rings. The molecule has 2 atom stereocenters. The van der Waals surface area contributed by atoms with Crippen LogP contribution in [0.15, 0.2) is 77.7 Å². The summed E-state index contributed by atoms with van der Waals surface area (Å²) in [6.45, 7) is 3.87. The highest BCUT2D eigenvalue weighted by atomic mass is 32.2. The number of aliphatic hydroxyl groups excluding tert-OH is 1. The highest BCUT2D eigenvalue weighted by Crippen LogP contribution is 2.28. The van der Waals surface area contributed by atoms with Crippen molar-refractivity contribution in [1.82, 2.24) is 14.9 Å². The molecule has 0 saturated carbocycles. The molecule has 0 aliphatic heterocycles. The van der Waals surface area contributed by atoms with Crippen molar-refractivity contribution in [3.63, 3.8) is 0 Å². The minimum absolute atomic E-state index is 0.0781. The van der Waals surface area contributed by atoms with Gasteiger partial charge in [0, 0.05) is 43.3 Å². The van der Waals surface area contributed by atoms with Gasteiger partial charge < -0.3 is 15.3 Å². The number of carbonyl (C=O) groups is 3. The molecule has 0 radical (unpaired) electrons. The van der Waals surface area contributed by atoms with Crippen LogP contribution in [0.4, 0.5) is 4.39 Å². The molecule has 0 bridgehead atoms. The zero-order valence-electron chi connectivity index (χ0n) is 25.4. The van der Waals surface area contributed by atoms with E-state index in [-0.39, 0.29) is 53.8 Å². The Morgan fingerprint density at radius 1 is 0.978 bits per heavy atom. The van der Waals surface area contributed by atoms with Crippen LogP contribution in [-0.2, 0) is 37.4 Å². The normalized spacial score (nSPS) is 12.6. The quantitative estimate of drug-likeness (QED) is 0.170. The molecular weight excluding hydrogens is 618 g/mol. The van der Waals surface area contributed by atoms with Crippen molar-refractivity contribution in [2.75, 3.05) is 13.1 Å². The zero-order chi connectivity index (χ0) is 33.0. The number of carbonyl (C=O) groups excluding carboxylic acids is 3. The predicted octanol–water partition coefficient (Wildman–Crippen LogP) is 4.24. The van der Waals surface area contributed by atoms with E-state index < -0.39 is 22.0 Å². The third-order valence-electron chi connectivity index (χ3n) is 7.08. The summed E-state index contributed by atoms with van der Waals surface area (Å²) in [4.78, 5) is 39.0. The molecule has 9 nitrogen and oxygen atoms in total. The van der Waals surface area contributed by atoms with Crippen molar-refractivity contribution in [1.29, 1.82) is 0 Å². The smallest absolute Gasteiger partial charge is 0.264 e. The Morgan fingerprint density at radius 2 is 1.64 bits per heavy atom. The molecule has 45 heavy (non-hydrogen) atoms. The summed E-state index contributed by atoms with van der Waals surface area (Å²) >= 11 is 4.48. The van der Waals surface area contributed by atoms with Gasteiger partial charge in [-0.25, -0.2) is 17.5 Å². The van der Waals surface area contributed by atoms with Crippen LogP contribution < -0.4 is 10.0 Å². The van der Waals surface area contributed by atoms with E-state index in [0.29, 0.717) is 36.0 Å². The van der Waals surface area contributed by atoms with Gasteiger partial charge in [0.1, 0.15) is 11.9 Å². The number of nitrogens with one attached hydrogen (secondary N) is 2. The number of hydrogen-bond acceptors (Lipinski definition) is 7. The second-order valence-electron chi connectivity index (χ2n) is 10.8. The third kappa shape index (κ3) is 11.0. The summed E-state index contributed by atoms with van der Waals surface area (Å²) in [5, 5.41) is 12.0. The molecule has 3 aromatic rings. The molecule has 242 valence electrons. The highest BCUT2D eigenvalue weighted by Gasteiger charge is 2.24. The van der Waals surface area contributed by atoms with E-state index in [0.717, 1.165) is 12.0 Å². The molecule has 12 heteroatoms. The van der Waals surface area contributed by atoms with Crippen LogP contribution in [0.25, 0.3) is 11.1 Å². The summed E-state index contributed by atoms with van der Waals surface area (Å²) in [5.41, 5.74) is 2.25. The first-order valence-corrected chi connectivity index (χ1v) is 16.8. The number of amides is 3. The number of unbranched alkanes of at least 4 members (excludes halogenated alkanes) is 1. The standard InChI is InChI=1S/C33H40FN3O6S2/c1-3-4-13-32(40)37(19-18-31(39)35-21-27(44)20-26-9-5-7-11-29(26)34)22-24-14-16-25(17-15-24)28-10-6-8-12-30(28)45(42,43)36-33(41)23(2)38/h5-12,14-17,23,27,38,44H,3-4,13,18-22H2,1-2H3,(H,35,39)(H,36,41)/t23-,27+/m0/s1. The van der Waals surface area contributed by atoms with Gasteiger partial charge in [-0.1, -0.05) is 74.0 Å². The van der Waals surface area contributed by atoms with E-state index in [1.165, 1.54) is 25.1 Å². The van der Waals surface area contributed by atoms with Gasteiger partial charge in [0.25, 0.3) is 15.9 Å². The minimum Gasteiger partial charge on any atom is -0.384 e. The largest absolute Gasteiger partial charge is 0.384 e. The van der Waals surface area contributed by atoms with Crippen molar-refractivity contribution in [2.24, 2.45) is 0 Å². The van der Waals surface area contributed by atoms with Gasteiger partial charge >= 0.3 is 0 Å². The average Bonchev–Trinajstić information content (AvgIpc) is 3.02. The lowest BCUT2D eigenvalue weighted by Gasteiger charge is -2.23. The number of nitrogens with zero attached hydrogens (tertiary/aromatic N) is 1. The second-order valence-corrected chi connectivity index (χ2v) is 13.1. The van der Waals surface area contributed by atoms with Crippen LogP contribution in [0.5, 0.6) is 0 Å². The molecule has 0 aromatic heterocycles. The second kappa shape index (κ2) is 17.1. The van der Waals surface area contributed by atoms with E-state index >= 15 is 0 Å². The van der Waals surface area contributed by atoms with E-state index in [1.807, 2.05) is 11.6 Å². The maximum absolute atomic E-state index is 13.9. The lowest BCUT2D eigenvalue weighted by molar-refractivity contribution is -0.132. The van der Waals surface area contributed by atoms with Gasteiger partial charge in [-0.2, -0.15) is 12.6 Å². The van der Waals surface area contributed by atoms with Crippen molar-refractivity contribution < 1.29 is 32.3 Å². The lowest BCUT2D eigenvalue weighted by Crippen LogP contribution is -2.37. The van der Waals surface area contributed by atoms with E-state index in [9.17, 15) is 32.3 Å². The molecule has 3 N–H and O–H groups in total. The van der Waals surface area contributed by atoms with Crippen LogP contribution in [-0.4, -0.2) is 60.6 Å². The Hall–Kier alpha value is -3.74. The molecule has 3 rings (SSSR count). The van der Waals surface area contributed by atoms with Gasteiger partial charge in [-0.15, -0.1) is 0 Å². The Labute approximate surface area is 269 Å². The van der Waals surface area contributed by atoms with E-state index in [2.05, 4.69) is 17.9 Å². The third-order valence-corrected chi connectivity index (χ3v) is 8.85. The molecule has 0 spiro atoms. The molecule has 0 saturated heterocycles. The number of aliphatic hydroxyl groups is 1. The van der Waals surface area contributed by atoms with Gasteiger partial charge in [0.2, 0.25) is 11.8 Å². The van der Waals surface area contributed by atoms with Crippen LogP contribution in [0.2, 0.25) is 0 Å². The molecule has 0 unspecified atom stereocenters.